The minimum Gasteiger partial charge on any atom is -0.326 e. The Kier molecular flexibility index (Phi) is 4.23. The van der Waals surface area contributed by atoms with E-state index in [0.29, 0.717) is 17.1 Å². The fourth-order valence-electron chi connectivity index (χ4n) is 3.74. The number of hydrogen-bond acceptors (Lipinski definition) is 2. The van der Waals surface area contributed by atoms with Gasteiger partial charge in [-0.3, -0.25) is 9.59 Å². The average molecular weight is 369 g/mol. The smallest absolute Gasteiger partial charge is 0.231 e. The van der Waals surface area contributed by atoms with E-state index < -0.39 is 0 Å². The first-order valence-corrected chi connectivity index (χ1v) is 9.31. The van der Waals surface area contributed by atoms with Gasteiger partial charge in [0.05, 0.1) is 11.8 Å². The number of benzene rings is 2. The van der Waals surface area contributed by atoms with Crippen molar-refractivity contribution in [1.29, 1.82) is 0 Å². The lowest BCUT2D eigenvalue weighted by Crippen LogP contribution is -2.37. The summed E-state index contributed by atoms with van der Waals surface area (Å²) in [5.74, 6) is -0.542. The molecule has 0 saturated heterocycles. The Hall–Kier alpha value is -2.33. The van der Waals surface area contributed by atoms with Crippen molar-refractivity contribution in [2.24, 2.45) is 11.8 Å². The Labute approximate surface area is 158 Å². The highest BCUT2D eigenvalue weighted by molar-refractivity contribution is 6.31. The van der Waals surface area contributed by atoms with E-state index in [1.807, 2.05) is 42.2 Å². The quantitative estimate of drug-likeness (QED) is 0.882. The van der Waals surface area contributed by atoms with Crippen molar-refractivity contribution in [2.75, 3.05) is 10.2 Å². The van der Waals surface area contributed by atoms with E-state index in [-0.39, 0.29) is 29.7 Å². The molecule has 0 bridgehead atoms. The molecule has 26 heavy (non-hydrogen) atoms. The van der Waals surface area contributed by atoms with Gasteiger partial charge in [-0.15, -0.1) is 0 Å². The molecule has 0 radical (unpaired) electrons. The zero-order valence-electron chi connectivity index (χ0n) is 14.8. The number of para-hydroxylation sites is 1. The molecular formula is C21H21ClN2O2. The lowest BCUT2D eigenvalue weighted by atomic mass is 10.1. The summed E-state index contributed by atoms with van der Waals surface area (Å²) >= 11 is 6.11. The summed E-state index contributed by atoms with van der Waals surface area (Å²) in [6.45, 7) is 3.97. The number of hydrogen-bond donors (Lipinski definition) is 1. The van der Waals surface area contributed by atoms with Gasteiger partial charge in [0, 0.05) is 22.4 Å². The molecule has 1 aliphatic heterocycles. The summed E-state index contributed by atoms with van der Waals surface area (Å²) in [5, 5.41) is 3.50. The molecule has 3 atom stereocenters. The number of fused-ring (bicyclic) bond motifs is 1. The zero-order chi connectivity index (χ0) is 18.4. The van der Waals surface area contributed by atoms with E-state index in [1.165, 1.54) is 5.56 Å². The number of carbonyl (C=O) groups is 2. The van der Waals surface area contributed by atoms with Crippen molar-refractivity contribution in [3.8, 4) is 0 Å². The van der Waals surface area contributed by atoms with Crippen molar-refractivity contribution >= 4 is 34.8 Å². The molecule has 134 valence electrons. The third-order valence-electron chi connectivity index (χ3n) is 5.33. The van der Waals surface area contributed by atoms with E-state index in [4.69, 9.17) is 11.6 Å². The van der Waals surface area contributed by atoms with Gasteiger partial charge in [-0.2, -0.15) is 0 Å². The average Bonchev–Trinajstić information content (AvgIpc) is 3.34. The highest BCUT2D eigenvalue weighted by Crippen LogP contribution is 2.44. The fraction of sp³-hybridized carbons (Fsp3) is 0.333. The van der Waals surface area contributed by atoms with Crippen molar-refractivity contribution in [3.63, 3.8) is 0 Å². The standard InChI is InChI=1S/C21H21ClN2O2/c1-12-7-8-15(10-18(12)22)23-20(25)16-11-17(16)21(26)24-13(2)9-14-5-3-4-6-19(14)24/h3-8,10,13,16-17H,9,11H2,1-2H3,(H,23,25). The molecule has 1 heterocycles. The summed E-state index contributed by atoms with van der Waals surface area (Å²) in [4.78, 5) is 27.3. The van der Waals surface area contributed by atoms with Gasteiger partial charge < -0.3 is 10.2 Å². The molecule has 4 nitrogen and oxygen atoms in total. The molecule has 4 rings (SSSR count). The second-order valence-electron chi connectivity index (χ2n) is 7.29. The first kappa shape index (κ1) is 17.1. The number of nitrogens with one attached hydrogen (secondary N) is 1. The van der Waals surface area contributed by atoms with Gasteiger partial charge >= 0.3 is 0 Å². The Morgan fingerprint density at radius 2 is 1.92 bits per heavy atom. The molecule has 1 N–H and O–H groups in total. The van der Waals surface area contributed by atoms with Crippen LogP contribution in [-0.4, -0.2) is 17.9 Å². The van der Waals surface area contributed by atoms with Gasteiger partial charge in [0.2, 0.25) is 11.8 Å². The first-order chi connectivity index (χ1) is 12.5. The van der Waals surface area contributed by atoms with Crippen LogP contribution in [0.1, 0.15) is 24.5 Å². The Morgan fingerprint density at radius 1 is 1.15 bits per heavy atom. The monoisotopic (exact) mass is 368 g/mol. The summed E-state index contributed by atoms with van der Waals surface area (Å²) in [5.41, 5.74) is 3.82. The van der Waals surface area contributed by atoms with Gasteiger partial charge in [-0.05, 0) is 56.0 Å². The van der Waals surface area contributed by atoms with E-state index in [1.54, 1.807) is 6.07 Å². The van der Waals surface area contributed by atoms with Crippen LogP contribution < -0.4 is 10.2 Å². The van der Waals surface area contributed by atoms with Gasteiger partial charge in [-0.25, -0.2) is 0 Å². The van der Waals surface area contributed by atoms with Crippen LogP contribution in [0, 0.1) is 18.8 Å². The maximum atomic E-state index is 13.0. The number of carbonyl (C=O) groups excluding carboxylic acids is 2. The fourth-order valence-corrected chi connectivity index (χ4v) is 3.92. The third-order valence-corrected chi connectivity index (χ3v) is 5.74. The Morgan fingerprint density at radius 3 is 2.69 bits per heavy atom. The van der Waals surface area contributed by atoms with Gasteiger partial charge in [0.1, 0.15) is 0 Å². The van der Waals surface area contributed by atoms with E-state index in [9.17, 15) is 9.59 Å². The third kappa shape index (κ3) is 2.99. The molecule has 0 spiro atoms. The predicted octanol–water partition coefficient (Wildman–Crippen LogP) is 4.20. The maximum absolute atomic E-state index is 13.0. The second kappa shape index (κ2) is 6.44. The van der Waals surface area contributed by atoms with Gasteiger partial charge in [0.15, 0.2) is 0 Å². The molecule has 0 aromatic heterocycles. The van der Waals surface area contributed by atoms with Crippen LogP contribution in [0.15, 0.2) is 42.5 Å². The van der Waals surface area contributed by atoms with Crippen LogP contribution in [0.25, 0.3) is 0 Å². The number of nitrogens with zero attached hydrogens (tertiary/aromatic N) is 1. The minimum atomic E-state index is -0.262. The molecule has 2 aliphatic rings. The van der Waals surface area contributed by atoms with Gasteiger partial charge in [0.25, 0.3) is 0 Å². The van der Waals surface area contributed by atoms with E-state index in [0.717, 1.165) is 17.7 Å². The number of aryl methyl sites for hydroxylation is 1. The van der Waals surface area contributed by atoms with Crippen molar-refractivity contribution in [2.45, 2.75) is 32.7 Å². The first-order valence-electron chi connectivity index (χ1n) is 8.93. The second-order valence-corrected chi connectivity index (χ2v) is 7.70. The number of rotatable bonds is 3. The number of amides is 2. The lowest BCUT2D eigenvalue weighted by Gasteiger charge is -2.23. The normalized spacial score (nSPS) is 23.5. The molecule has 2 amide bonds. The molecule has 1 fully saturated rings. The number of halogens is 1. The van der Waals surface area contributed by atoms with Crippen LogP contribution in [0.5, 0.6) is 0 Å². The molecule has 1 saturated carbocycles. The highest BCUT2D eigenvalue weighted by atomic mass is 35.5. The van der Waals surface area contributed by atoms with E-state index >= 15 is 0 Å². The molecule has 3 unspecified atom stereocenters. The summed E-state index contributed by atoms with van der Waals surface area (Å²) in [7, 11) is 0. The van der Waals surface area contributed by atoms with Gasteiger partial charge in [-0.1, -0.05) is 35.9 Å². The van der Waals surface area contributed by atoms with Crippen LogP contribution in [0.3, 0.4) is 0 Å². The predicted molar refractivity (Wildman–Crippen MR) is 104 cm³/mol. The maximum Gasteiger partial charge on any atom is 0.231 e. The van der Waals surface area contributed by atoms with E-state index in [2.05, 4.69) is 18.3 Å². The summed E-state index contributed by atoms with van der Waals surface area (Å²) in [6, 6.07) is 13.6. The molecule has 5 heteroatoms. The topological polar surface area (TPSA) is 49.4 Å². The van der Waals surface area contributed by atoms with Crippen molar-refractivity contribution < 1.29 is 9.59 Å². The molecule has 2 aromatic carbocycles. The van der Waals surface area contributed by atoms with Crippen molar-refractivity contribution in [3.05, 3.63) is 58.6 Å². The van der Waals surface area contributed by atoms with Crippen LogP contribution in [0.4, 0.5) is 11.4 Å². The number of anilines is 2. The molecule has 2 aromatic rings. The van der Waals surface area contributed by atoms with Crippen LogP contribution in [0.2, 0.25) is 5.02 Å². The molecular weight excluding hydrogens is 348 g/mol. The Bertz CT molecular complexity index is 895. The largest absolute Gasteiger partial charge is 0.326 e. The SMILES string of the molecule is Cc1ccc(NC(=O)C2CC2C(=O)N2c3ccccc3CC2C)cc1Cl. The van der Waals surface area contributed by atoms with Crippen molar-refractivity contribution in [1.82, 2.24) is 0 Å². The minimum absolute atomic E-state index is 0.0598. The summed E-state index contributed by atoms with van der Waals surface area (Å²) in [6.07, 6.45) is 1.48. The molecule has 1 aliphatic carbocycles. The van der Waals surface area contributed by atoms with Crippen LogP contribution >= 0.6 is 11.6 Å². The summed E-state index contributed by atoms with van der Waals surface area (Å²) < 4.78 is 0. The zero-order valence-corrected chi connectivity index (χ0v) is 15.6. The highest BCUT2D eigenvalue weighted by Gasteiger charge is 2.51. The Balaban J connectivity index is 1.44. The van der Waals surface area contributed by atoms with Crippen LogP contribution in [-0.2, 0) is 16.0 Å². The lowest BCUT2D eigenvalue weighted by molar-refractivity contribution is -0.123.